The van der Waals surface area contributed by atoms with Crippen LogP contribution in [-0.4, -0.2) is 24.0 Å². The van der Waals surface area contributed by atoms with Crippen molar-refractivity contribution in [2.24, 2.45) is 5.92 Å². The van der Waals surface area contributed by atoms with Gasteiger partial charge in [0.2, 0.25) is 0 Å². The molecular formula is C17H32N2O. The van der Waals surface area contributed by atoms with E-state index in [2.05, 4.69) is 50.9 Å². The van der Waals surface area contributed by atoms with Crippen molar-refractivity contribution in [2.75, 3.05) is 13.1 Å². The van der Waals surface area contributed by atoms with Crippen LogP contribution in [0.4, 0.5) is 0 Å². The molecule has 0 aromatic carbocycles. The van der Waals surface area contributed by atoms with Crippen molar-refractivity contribution in [3.8, 4) is 0 Å². The maximum absolute atomic E-state index is 5.70. The third-order valence-corrected chi connectivity index (χ3v) is 3.92. The minimum atomic E-state index is 0.510. The number of rotatable bonds is 10. The van der Waals surface area contributed by atoms with E-state index in [9.17, 15) is 0 Å². The first kappa shape index (κ1) is 17.3. The molecule has 0 fully saturated rings. The smallest absolute Gasteiger partial charge is 0.118 e. The van der Waals surface area contributed by atoms with Gasteiger partial charge >= 0.3 is 0 Å². The van der Waals surface area contributed by atoms with E-state index in [0.29, 0.717) is 6.04 Å². The zero-order valence-corrected chi connectivity index (χ0v) is 13.9. The molecule has 0 bridgehead atoms. The third kappa shape index (κ3) is 6.10. The number of hydrogen-bond donors (Lipinski definition) is 1. The van der Waals surface area contributed by atoms with E-state index in [1.165, 1.54) is 24.9 Å². The highest BCUT2D eigenvalue weighted by atomic mass is 16.3. The van der Waals surface area contributed by atoms with E-state index in [1.807, 2.05) is 6.26 Å². The first-order chi connectivity index (χ1) is 9.58. The lowest BCUT2D eigenvalue weighted by Gasteiger charge is -2.24. The van der Waals surface area contributed by atoms with Crippen LogP contribution in [0.3, 0.4) is 0 Å². The zero-order valence-electron chi connectivity index (χ0n) is 13.9. The summed E-state index contributed by atoms with van der Waals surface area (Å²) in [4.78, 5) is 2.48. The first-order valence-corrected chi connectivity index (χ1v) is 8.10. The Hall–Kier alpha value is -0.800. The highest BCUT2D eigenvalue weighted by Gasteiger charge is 2.12. The molecule has 20 heavy (non-hydrogen) atoms. The normalized spacial score (nSPS) is 12.0. The maximum Gasteiger partial charge on any atom is 0.118 e. The second-order valence-corrected chi connectivity index (χ2v) is 5.97. The molecule has 0 aliphatic rings. The molecule has 1 heterocycles. The summed E-state index contributed by atoms with van der Waals surface area (Å²) in [5.74, 6) is 1.88. The minimum absolute atomic E-state index is 0.510. The van der Waals surface area contributed by atoms with E-state index < -0.39 is 0 Å². The fraction of sp³-hybridized carbons (Fsp3) is 0.765. The van der Waals surface area contributed by atoms with Crippen molar-refractivity contribution >= 4 is 0 Å². The van der Waals surface area contributed by atoms with Gasteiger partial charge in [-0.3, -0.25) is 4.90 Å². The van der Waals surface area contributed by atoms with Crippen molar-refractivity contribution in [1.82, 2.24) is 10.2 Å². The summed E-state index contributed by atoms with van der Waals surface area (Å²) in [6.45, 7) is 15.2. The van der Waals surface area contributed by atoms with Gasteiger partial charge in [0.25, 0.3) is 0 Å². The van der Waals surface area contributed by atoms with Crippen molar-refractivity contribution in [3.05, 3.63) is 23.7 Å². The Labute approximate surface area is 124 Å². The lowest BCUT2D eigenvalue weighted by molar-refractivity contribution is 0.211. The summed E-state index contributed by atoms with van der Waals surface area (Å²) in [7, 11) is 0. The Bertz CT molecular complexity index is 356. The summed E-state index contributed by atoms with van der Waals surface area (Å²) in [5.41, 5.74) is 1.24. The van der Waals surface area contributed by atoms with E-state index in [-0.39, 0.29) is 0 Å². The molecule has 3 nitrogen and oxygen atoms in total. The Morgan fingerprint density at radius 2 is 1.90 bits per heavy atom. The quantitative estimate of drug-likeness (QED) is 0.701. The molecule has 1 N–H and O–H groups in total. The second kappa shape index (κ2) is 9.19. The molecule has 1 aromatic rings. The molecule has 0 saturated heterocycles. The number of furan rings is 1. The van der Waals surface area contributed by atoms with Crippen LogP contribution in [0.5, 0.6) is 0 Å². The second-order valence-electron chi connectivity index (χ2n) is 5.97. The lowest BCUT2D eigenvalue weighted by atomic mass is 10.0. The van der Waals surface area contributed by atoms with Crippen molar-refractivity contribution < 1.29 is 4.42 Å². The predicted molar refractivity (Wildman–Crippen MR) is 85.7 cm³/mol. The van der Waals surface area contributed by atoms with Crippen LogP contribution in [0.1, 0.15) is 58.8 Å². The summed E-state index contributed by atoms with van der Waals surface area (Å²) in [6, 6.07) is 2.70. The molecule has 0 unspecified atom stereocenters. The predicted octanol–water partition coefficient (Wildman–Crippen LogP) is 4.04. The summed E-state index contributed by atoms with van der Waals surface area (Å²) < 4.78 is 5.70. The summed E-state index contributed by atoms with van der Waals surface area (Å²) in [6.07, 6.45) is 4.40. The van der Waals surface area contributed by atoms with Crippen molar-refractivity contribution in [3.63, 3.8) is 0 Å². The van der Waals surface area contributed by atoms with Crippen LogP contribution >= 0.6 is 0 Å². The van der Waals surface area contributed by atoms with Gasteiger partial charge in [0.1, 0.15) is 5.76 Å². The SMILES string of the molecule is CCC(CC)CN(CC)Cc1cc(CNC(C)C)co1. The monoisotopic (exact) mass is 280 g/mol. The number of hydrogen-bond acceptors (Lipinski definition) is 3. The van der Waals surface area contributed by atoms with E-state index in [4.69, 9.17) is 4.42 Å². The van der Waals surface area contributed by atoms with Gasteiger partial charge in [-0.05, 0) is 18.5 Å². The average molecular weight is 280 g/mol. The van der Waals surface area contributed by atoms with Crippen LogP contribution in [0.15, 0.2) is 16.7 Å². The zero-order chi connectivity index (χ0) is 15.0. The molecule has 0 spiro atoms. The standard InChI is InChI=1S/C17H32N2O/c1-6-15(7-2)11-19(8-3)12-17-9-16(13-20-17)10-18-14(4)5/h9,13-15,18H,6-8,10-12H2,1-5H3. The van der Waals surface area contributed by atoms with Gasteiger partial charge in [0.05, 0.1) is 12.8 Å². The van der Waals surface area contributed by atoms with Crippen molar-refractivity contribution in [1.29, 1.82) is 0 Å². The lowest BCUT2D eigenvalue weighted by Crippen LogP contribution is -2.28. The Morgan fingerprint density at radius 1 is 1.20 bits per heavy atom. The molecular weight excluding hydrogens is 248 g/mol. The molecule has 3 heteroatoms. The fourth-order valence-electron chi connectivity index (χ4n) is 2.36. The third-order valence-electron chi connectivity index (χ3n) is 3.92. The van der Waals surface area contributed by atoms with Gasteiger partial charge in [-0.2, -0.15) is 0 Å². The van der Waals surface area contributed by atoms with Gasteiger partial charge in [-0.25, -0.2) is 0 Å². The average Bonchev–Trinajstić information content (AvgIpc) is 2.88. The van der Waals surface area contributed by atoms with Crippen LogP contribution in [0, 0.1) is 5.92 Å². The number of nitrogens with one attached hydrogen (secondary N) is 1. The molecule has 0 atom stereocenters. The van der Waals surface area contributed by atoms with Crippen LogP contribution in [0.2, 0.25) is 0 Å². The minimum Gasteiger partial charge on any atom is -0.468 e. The van der Waals surface area contributed by atoms with Gasteiger partial charge in [0.15, 0.2) is 0 Å². The van der Waals surface area contributed by atoms with Gasteiger partial charge in [0, 0.05) is 24.7 Å². The molecule has 0 saturated carbocycles. The maximum atomic E-state index is 5.70. The largest absolute Gasteiger partial charge is 0.468 e. The highest BCUT2D eigenvalue weighted by Crippen LogP contribution is 2.15. The van der Waals surface area contributed by atoms with Crippen molar-refractivity contribution in [2.45, 2.75) is 66.6 Å². The fourth-order valence-corrected chi connectivity index (χ4v) is 2.36. The topological polar surface area (TPSA) is 28.4 Å². The van der Waals surface area contributed by atoms with Gasteiger partial charge < -0.3 is 9.73 Å². The van der Waals surface area contributed by atoms with E-state index in [0.717, 1.165) is 31.3 Å². The molecule has 0 aliphatic carbocycles. The molecule has 0 aliphatic heterocycles. The highest BCUT2D eigenvalue weighted by molar-refractivity contribution is 5.12. The van der Waals surface area contributed by atoms with Crippen LogP contribution < -0.4 is 5.32 Å². The van der Waals surface area contributed by atoms with Gasteiger partial charge in [-0.15, -0.1) is 0 Å². The molecule has 1 aromatic heterocycles. The van der Waals surface area contributed by atoms with Gasteiger partial charge in [-0.1, -0.05) is 47.5 Å². The Morgan fingerprint density at radius 3 is 2.45 bits per heavy atom. The number of nitrogens with zero attached hydrogens (tertiary/aromatic N) is 1. The van der Waals surface area contributed by atoms with Crippen LogP contribution in [0.25, 0.3) is 0 Å². The molecule has 0 amide bonds. The molecule has 0 radical (unpaired) electrons. The van der Waals surface area contributed by atoms with Crippen LogP contribution in [-0.2, 0) is 13.1 Å². The summed E-state index contributed by atoms with van der Waals surface area (Å²) >= 11 is 0. The first-order valence-electron chi connectivity index (χ1n) is 8.10. The van der Waals surface area contributed by atoms with E-state index >= 15 is 0 Å². The summed E-state index contributed by atoms with van der Waals surface area (Å²) in [5, 5.41) is 3.42. The molecule has 116 valence electrons. The molecule has 1 rings (SSSR count). The Balaban J connectivity index is 2.48. The Kier molecular flexibility index (Phi) is 7.93. The van der Waals surface area contributed by atoms with E-state index in [1.54, 1.807) is 0 Å².